The zero-order valence-electron chi connectivity index (χ0n) is 5.56. The van der Waals surface area contributed by atoms with E-state index in [-0.39, 0.29) is 0 Å². The molecule has 8 heteroatoms. The first-order valence-corrected chi connectivity index (χ1v) is 2.68. The van der Waals surface area contributed by atoms with Crippen LogP contribution in [0.5, 0.6) is 0 Å². The van der Waals surface area contributed by atoms with Gasteiger partial charge in [-0.25, -0.2) is 0 Å². The van der Waals surface area contributed by atoms with Gasteiger partial charge in [-0.2, -0.15) is 30.7 Å². The van der Waals surface area contributed by atoms with Gasteiger partial charge in [0.05, 0.1) is 0 Å². The maximum Gasteiger partial charge on any atom is 0.460 e. The lowest BCUT2D eigenvalue weighted by molar-refractivity contribution is -0.452. The highest BCUT2D eigenvalue weighted by molar-refractivity contribution is 4.89. The van der Waals surface area contributed by atoms with Gasteiger partial charge in [0.2, 0.25) is 0 Å². The minimum Gasteiger partial charge on any atom is -0.352 e. The molecule has 74 valence electrons. The second-order valence-corrected chi connectivity index (χ2v) is 2.03. The molecule has 0 aliphatic rings. The van der Waals surface area contributed by atoms with Crippen LogP contribution in [0.3, 0.4) is 0 Å². The third-order valence-electron chi connectivity index (χ3n) is 1.13. The minimum absolute atomic E-state index is 1.81. The van der Waals surface area contributed by atoms with E-state index < -0.39 is 24.6 Å². The average molecular weight is 200 g/mol. The summed E-state index contributed by atoms with van der Waals surface area (Å²) in [6, 6.07) is 0. The number of hydrogen-bond acceptors (Lipinski definition) is 0. The van der Waals surface area contributed by atoms with E-state index in [2.05, 4.69) is 5.73 Å². The van der Waals surface area contributed by atoms with Crippen LogP contribution >= 0.6 is 0 Å². The largest absolute Gasteiger partial charge is 0.460 e. The quantitative estimate of drug-likeness (QED) is 0.645. The molecule has 0 amide bonds. The van der Waals surface area contributed by atoms with Crippen LogP contribution in [0.4, 0.5) is 30.7 Å². The Morgan fingerprint density at radius 2 is 1.17 bits per heavy atom. The molecule has 0 atom stereocenters. The lowest BCUT2D eigenvalue weighted by Crippen LogP contribution is -2.67. The van der Waals surface area contributed by atoms with Crippen molar-refractivity contribution in [3.05, 3.63) is 0 Å². The Bertz CT molecular complexity index is 159. The minimum atomic E-state index is -6.24. The molecule has 0 aliphatic carbocycles. The van der Waals surface area contributed by atoms with E-state index in [1.165, 1.54) is 0 Å². The highest BCUT2D eigenvalue weighted by atomic mass is 19.4. The summed E-state index contributed by atoms with van der Waals surface area (Å²) in [5.41, 5.74) is 2.31. The summed E-state index contributed by atoms with van der Waals surface area (Å²) < 4.78 is 81.2. The zero-order chi connectivity index (χ0) is 10.2. The van der Waals surface area contributed by atoms with Crippen molar-refractivity contribution in [1.29, 1.82) is 0 Å². The molecule has 0 bridgehead atoms. The average Bonchev–Trinajstić information content (AvgIpc) is 1.85. The summed E-state index contributed by atoms with van der Waals surface area (Å²) in [6.45, 7) is -1.81. The molecule has 12 heavy (non-hydrogen) atoms. The molecule has 1 nitrogen and oxygen atoms in total. The van der Waals surface area contributed by atoms with Crippen LogP contribution in [0.2, 0.25) is 0 Å². The first-order valence-electron chi connectivity index (χ1n) is 2.68. The molecule has 0 saturated carbocycles. The van der Waals surface area contributed by atoms with Crippen molar-refractivity contribution in [3.63, 3.8) is 0 Å². The molecule has 0 aromatic rings. The summed E-state index contributed by atoms with van der Waals surface area (Å²) in [6.07, 6.45) is -6.24. The van der Waals surface area contributed by atoms with Gasteiger partial charge in [-0.05, 0) is 0 Å². The van der Waals surface area contributed by atoms with Gasteiger partial charge in [0.15, 0.2) is 0 Å². The van der Waals surface area contributed by atoms with Gasteiger partial charge in [0, 0.05) is 0 Å². The lowest BCUT2D eigenvalue weighted by Gasteiger charge is -2.25. The van der Waals surface area contributed by atoms with Gasteiger partial charge < -0.3 is 5.73 Å². The van der Waals surface area contributed by atoms with Crippen LogP contribution < -0.4 is 5.73 Å². The van der Waals surface area contributed by atoms with Crippen molar-refractivity contribution in [1.82, 2.24) is 0 Å². The molecule has 0 unspecified atom stereocenters. The van der Waals surface area contributed by atoms with Crippen molar-refractivity contribution in [2.45, 2.75) is 18.0 Å². The molecule has 0 aromatic carbocycles. The van der Waals surface area contributed by atoms with Crippen molar-refractivity contribution < 1.29 is 36.5 Å². The molecule has 0 radical (unpaired) electrons. The second-order valence-electron chi connectivity index (χ2n) is 2.03. The van der Waals surface area contributed by atoms with E-state index in [1.54, 1.807) is 0 Å². The van der Waals surface area contributed by atoms with Crippen molar-refractivity contribution in [3.8, 4) is 0 Å². The Morgan fingerprint density at radius 3 is 1.25 bits per heavy atom. The van der Waals surface area contributed by atoms with Crippen LogP contribution in [0.1, 0.15) is 0 Å². The summed E-state index contributed by atoms with van der Waals surface area (Å²) >= 11 is 0. The van der Waals surface area contributed by atoms with E-state index in [9.17, 15) is 30.7 Å². The molecule has 0 aromatic heterocycles. The molecule has 0 fully saturated rings. The fraction of sp³-hybridized carbons (Fsp3) is 1.00. The number of alkyl halides is 7. The second kappa shape index (κ2) is 2.75. The van der Waals surface area contributed by atoms with E-state index >= 15 is 0 Å². The molecule has 0 rings (SSSR count). The topological polar surface area (TPSA) is 27.6 Å². The number of rotatable bonds is 2. The Kier molecular flexibility index (Phi) is 2.63. The predicted octanol–water partition coefficient (Wildman–Crippen LogP) is 1.06. The predicted molar refractivity (Wildman–Crippen MR) is 23.7 cm³/mol. The number of halogens is 7. The summed E-state index contributed by atoms with van der Waals surface area (Å²) in [7, 11) is 0. The van der Waals surface area contributed by atoms with E-state index in [0.29, 0.717) is 0 Å². The SMILES string of the molecule is [NH3+]CC(F)(F)C(F)(F)C(F)(F)F. The molecule has 0 aliphatic heterocycles. The summed E-state index contributed by atoms with van der Waals surface area (Å²) in [5, 5.41) is 0. The third kappa shape index (κ3) is 1.62. The third-order valence-corrected chi connectivity index (χ3v) is 1.13. The number of hydrogen-bond donors (Lipinski definition) is 1. The standard InChI is InChI=1S/C4H4F7N/c5-2(6,1-12)3(7,8)4(9,10)11/h1,12H2/p+1. The zero-order valence-corrected chi connectivity index (χ0v) is 5.56. The first kappa shape index (κ1) is 11.5. The van der Waals surface area contributed by atoms with E-state index in [4.69, 9.17) is 0 Å². The molecule has 3 N–H and O–H groups in total. The maximum absolute atomic E-state index is 11.9. The molecule has 0 heterocycles. The molecular weight excluding hydrogens is 195 g/mol. The van der Waals surface area contributed by atoms with Crippen LogP contribution in [0.15, 0.2) is 0 Å². The monoisotopic (exact) mass is 200 g/mol. The van der Waals surface area contributed by atoms with Crippen LogP contribution in [0.25, 0.3) is 0 Å². The van der Waals surface area contributed by atoms with Crippen molar-refractivity contribution >= 4 is 0 Å². The maximum atomic E-state index is 11.9. The summed E-state index contributed by atoms with van der Waals surface area (Å²) in [5.74, 6) is -11.2. The van der Waals surface area contributed by atoms with Crippen LogP contribution in [-0.4, -0.2) is 24.6 Å². The van der Waals surface area contributed by atoms with E-state index in [0.717, 1.165) is 0 Å². The van der Waals surface area contributed by atoms with Gasteiger partial charge in [-0.15, -0.1) is 0 Å². The Labute approximate surface area is 62.3 Å². The van der Waals surface area contributed by atoms with Gasteiger partial charge in [-0.1, -0.05) is 0 Å². The Balaban J connectivity index is 4.85. The normalized spacial score (nSPS) is 15.0. The highest BCUT2D eigenvalue weighted by Crippen LogP contribution is 2.45. The fourth-order valence-corrected chi connectivity index (χ4v) is 0.364. The van der Waals surface area contributed by atoms with Gasteiger partial charge in [-0.3, -0.25) is 0 Å². The number of quaternary nitrogens is 1. The van der Waals surface area contributed by atoms with Gasteiger partial charge in [0.25, 0.3) is 0 Å². The Morgan fingerprint density at radius 1 is 0.833 bits per heavy atom. The van der Waals surface area contributed by atoms with Crippen molar-refractivity contribution in [2.75, 3.05) is 6.54 Å². The van der Waals surface area contributed by atoms with Crippen LogP contribution in [0, 0.1) is 0 Å². The van der Waals surface area contributed by atoms with E-state index in [1.807, 2.05) is 0 Å². The lowest BCUT2D eigenvalue weighted by atomic mass is 10.1. The summed E-state index contributed by atoms with van der Waals surface area (Å²) in [4.78, 5) is 0. The molecule has 0 spiro atoms. The van der Waals surface area contributed by atoms with Crippen LogP contribution in [-0.2, 0) is 0 Å². The molecule has 0 saturated heterocycles. The fourth-order valence-electron chi connectivity index (χ4n) is 0.364. The van der Waals surface area contributed by atoms with Crippen molar-refractivity contribution in [2.24, 2.45) is 0 Å². The smallest absolute Gasteiger partial charge is 0.352 e. The van der Waals surface area contributed by atoms with Gasteiger partial charge in [0.1, 0.15) is 6.54 Å². The Hall–Kier alpha value is -0.530. The highest BCUT2D eigenvalue weighted by Gasteiger charge is 2.73. The molecular formula is C4H5F7N+. The van der Waals surface area contributed by atoms with Gasteiger partial charge >= 0.3 is 18.0 Å². The first-order chi connectivity index (χ1) is 5.06.